The lowest BCUT2D eigenvalue weighted by Gasteiger charge is -2.40. The highest BCUT2D eigenvalue weighted by molar-refractivity contribution is 7.13. The Morgan fingerprint density at radius 2 is 1.93 bits per heavy atom. The van der Waals surface area contributed by atoms with Crippen LogP contribution in [0.15, 0.2) is 40.4 Å². The molecule has 0 aliphatic carbocycles. The number of nitrogens with zero attached hydrogens (tertiary/aromatic N) is 4. The number of piperazine rings is 1. The van der Waals surface area contributed by atoms with Gasteiger partial charge in [0.05, 0.1) is 33.9 Å². The Kier molecular flexibility index (Phi) is 9.12. The number of aryl methyl sites for hydroxylation is 2. The molecule has 2 amide bonds. The molecule has 0 saturated carbocycles. The summed E-state index contributed by atoms with van der Waals surface area (Å²) in [5.74, 6) is -0.667. The molecular formula is C31H42N6O4S. The lowest BCUT2D eigenvalue weighted by molar-refractivity contribution is -0.142. The van der Waals surface area contributed by atoms with Gasteiger partial charge in [-0.3, -0.25) is 9.59 Å². The Morgan fingerprint density at radius 3 is 2.55 bits per heavy atom. The molecule has 2 saturated heterocycles. The van der Waals surface area contributed by atoms with Crippen molar-refractivity contribution in [2.45, 2.75) is 65.1 Å². The Morgan fingerprint density at radius 1 is 1.21 bits per heavy atom. The monoisotopic (exact) mass is 594 g/mol. The van der Waals surface area contributed by atoms with Crippen LogP contribution in [0.4, 0.5) is 0 Å². The number of likely N-dealkylation sites (tertiary alicyclic amines) is 1. The van der Waals surface area contributed by atoms with Gasteiger partial charge in [0.25, 0.3) is 0 Å². The number of aliphatic hydroxyl groups excluding tert-OH is 1. The molecule has 2 aliphatic heterocycles. The van der Waals surface area contributed by atoms with Crippen molar-refractivity contribution in [1.29, 1.82) is 0 Å². The number of rotatable bonds is 9. The molecule has 1 aromatic carbocycles. The van der Waals surface area contributed by atoms with Gasteiger partial charge < -0.3 is 30.1 Å². The first-order valence-electron chi connectivity index (χ1n) is 14.7. The molecule has 2 aliphatic rings. The summed E-state index contributed by atoms with van der Waals surface area (Å²) < 4.78 is 5.68. The average molecular weight is 595 g/mol. The van der Waals surface area contributed by atoms with Crippen LogP contribution in [0.25, 0.3) is 10.4 Å². The number of hydrogen-bond acceptors (Lipinski definition) is 9. The van der Waals surface area contributed by atoms with Gasteiger partial charge in [-0.2, -0.15) is 0 Å². The summed E-state index contributed by atoms with van der Waals surface area (Å²) in [5, 5.41) is 21.2. The molecular weight excluding hydrogens is 552 g/mol. The largest absolute Gasteiger partial charge is 0.391 e. The number of aromatic nitrogens is 2. The van der Waals surface area contributed by atoms with Crippen LogP contribution >= 0.6 is 11.3 Å². The third-order valence-corrected chi connectivity index (χ3v) is 9.42. The van der Waals surface area contributed by atoms with E-state index in [1.807, 2.05) is 56.6 Å². The maximum Gasteiger partial charge on any atom is 0.243 e. The van der Waals surface area contributed by atoms with Crippen molar-refractivity contribution in [3.8, 4) is 10.4 Å². The highest BCUT2D eigenvalue weighted by Gasteiger charge is 2.48. The Bertz CT molecular complexity index is 1380. The SMILES string of the molecule is Cc1cc([C@H](C(=O)N2C[C@H](O)C[C@H]2C(=O)N[C@@H](C)c2ccc(-c3scnc3C)cc2)C(C)(C)CN2CCNCC2)on1. The zero-order chi connectivity index (χ0) is 30.0. The quantitative estimate of drug-likeness (QED) is 0.345. The van der Waals surface area contributed by atoms with E-state index in [0.717, 1.165) is 47.9 Å². The molecule has 0 unspecified atom stereocenters. The minimum absolute atomic E-state index is 0.0987. The number of nitrogens with one attached hydrogen (secondary N) is 2. The molecule has 4 atom stereocenters. The van der Waals surface area contributed by atoms with Gasteiger partial charge >= 0.3 is 0 Å². The molecule has 42 heavy (non-hydrogen) atoms. The molecule has 10 nitrogen and oxygen atoms in total. The van der Waals surface area contributed by atoms with E-state index in [1.165, 1.54) is 0 Å². The molecule has 0 spiro atoms. The second-order valence-corrected chi connectivity index (χ2v) is 13.2. The van der Waals surface area contributed by atoms with E-state index < -0.39 is 23.5 Å². The number of benzene rings is 1. The minimum atomic E-state index is -0.782. The first kappa shape index (κ1) is 30.3. The number of carbonyl (C=O) groups excluding carboxylic acids is 2. The van der Waals surface area contributed by atoms with E-state index in [1.54, 1.807) is 16.2 Å². The van der Waals surface area contributed by atoms with Crippen LogP contribution in [-0.4, -0.2) is 88.3 Å². The zero-order valence-corrected chi connectivity index (χ0v) is 25.9. The summed E-state index contributed by atoms with van der Waals surface area (Å²) in [6, 6.07) is 8.84. The van der Waals surface area contributed by atoms with Crippen molar-refractivity contribution in [2.24, 2.45) is 5.41 Å². The van der Waals surface area contributed by atoms with Gasteiger partial charge in [0.15, 0.2) is 0 Å². The maximum atomic E-state index is 14.3. The van der Waals surface area contributed by atoms with E-state index in [4.69, 9.17) is 4.52 Å². The number of amides is 2. The fourth-order valence-electron chi connectivity index (χ4n) is 6.26. The van der Waals surface area contributed by atoms with Gasteiger partial charge in [-0.25, -0.2) is 4.98 Å². The first-order valence-corrected chi connectivity index (χ1v) is 15.6. The minimum Gasteiger partial charge on any atom is -0.391 e. The summed E-state index contributed by atoms with van der Waals surface area (Å²) >= 11 is 1.60. The van der Waals surface area contributed by atoms with Gasteiger partial charge in [0.1, 0.15) is 17.7 Å². The van der Waals surface area contributed by atoms with Crippen LogP contribution in [-0.2, 0) is 9.59 Å². The summed E-state index contributed by atoms with van der Waals surface area (Å²) in [6.45, 7) is 14.3. The standard InChI is InChI=1S/C31H42N6O4S/c1-19-14-26(41-35-19)27(31(4,5)17-36-12-10-32-11-13-36)30(40)37-16-24(38)15-25(37)29(39)34-20(2)22-6-8-23(9-7-22)28-21(3)33-18-42-28/h6-9,14,18,20,24-25,27,32,38H,10-13,15-17H2,1-5H3,(H,34,39)/t20-,24+,25-,27+/m0/s1. The molecule has 11 heteroatoms. The summed E-state index contributed by atoms with van der Waals surface area (Å²) in [7, 11) is 0. The van der Waals surface area contributed by atoms with E-state index in [2.05, 4.69) is 39.5 Å². The predicted octanol–water partition coefficient (Wildman–Crippen LogP) is 3.27. The van der Waals surface area contributed by atoms with E-state index in [-0.39, 0.29) is 30.8 Å². The highest BCUT2D eigenvalue weighted by Crippen LogP contribution is 2.40. The van der Waals surface area contributed by atoms with Crippen molar-refractivity contribution in [1.82, 2.24) is 30.6 Å². The molecule has 4 heterocycles. The van der Waals surface area contributed by atoms with Gasteiger partial charge in [-0.05, 0) is 37.3 Å². The van der Waals surface area contributed by atoms with Crippen molar-refractivity contribution in [3.05, 3.63) is 58.6 Å². The molecule has 2 aromatic heterocycles. The fourth-order valence-corrected chi connectivity index (χ4v) is 7.08. The Hall–Kier alpha value is -3.12. The molecule has 0 bridgehead atoms. The van der Waals surface area contributed by atoms with Crippen molar-refractivity contribution >= 4 is 23.2 Å². The van der Waals surface area contributed by atoms with Gasteiger partial charge in [0, 0.05) is 51.8 Å². The highest BCUT2D eigenvalue weighted by atomic mass is 32.1. The van der Waals surface area contributed by atoms with Crippen LogP contribution in [0.3, 0.4) is 0 Å². The smallest absolute Gasteiger partial charge is 0.243 e. The van der Waals surface area contributed by atoms with E-state index in [9.17, 15) is 14.7 Å². The Labute approximate surface area is 251 Å². The van der Waals surface area contributed by atoms with Gasteiger partial charge in [-0.15, -0.1) is 11.3 Å². The summed E-state index contributed by atoms with van der Waals surface area (Å²) in [5.41, 5.74) is 5.06. The van der Waals surface area contributed by atoms with Gasteiger partial charge in [-0.1, -0.05) is 43.3 Å². The van der Waals surface area contributed by atoms with E-state index >= 15 is 0 Å². The van der Waals surface area contributed by atoms with Crippen LogP contribution < -0.4 is 10.6 Å². The number of thiazole rings is 1. The first-order chi connectivity index (χ1) is 20.0. The predicted molar refractivity (Wildman–Crippen MR) is 162 cm³/mol. The number of hydrogen-bond donors (Lipinski definition) is 3. The number of β-amino-alcohol motifs (C(OH)–C–C–N with tert-alkyl or cyclic N) is 1. The number of aliphatic hydroxyl groups is 1. The van der Waals surface area contributed by atoms with Crippen molar-refractivity contribution in [3.63, 3.8) is 0 Å². The van der Waals surface area contributed by atoms with E-state index in [0.29, 0.717) is 18.0 Å². The van der Waals surface area contributed by atoms with Crippen LogP contribution in [0, 0.1) is 19.3 Å². The van der Waals surface area contributed by atoms with Crippen molar-refractivity contribution in [2.75, 3.05) is 39.3 Å². The second-order valence-electron chi connectivity index (χ2n) is 12.3. The molecule has 3 aromatic rings. The topological polar surface area (TPSA) is 124 Å². The maximum absolute atomic E-state index is 14.3. The summed E-state index contributed by atoms with van der Waals surface area (Å²) in [4.78, 5) is 37.4. The third-order valence-electron chi connectivity index (χ3n) is 8.44. The molecule has 3 N–H and O–H groups in total. The summed E-state index contributed by atoms with van der Waals surface area (Å²) in [6.07, 6.45) is -0.593. The number of carbonyl (C=O) groups is 2. The third kappa shape index (κ3) is 6.59. The lowest BCUT2D eigenvalue weighted by atomic mass is 9.75. The zero-order valence-electron chi connectivity index (χ0n) is 25.1. The van der Waals surface area contributed by atoms with Crippen molar-refractivity contribution < 1.29 is 19.2 Å². The lowest BCUT2D eigenvalue weighted by Crippen LogP contribution is -2.52. The normalized spacial score (nSPS) is 21.3. The van der Waals surface area contributed by atoms with Crippen LogP contribution in [0.5, 0.6) is 0 Å². The van der Waals surface area contributed by atoms with Crippen LogP contribution in [0.1, 0.15) is 61.9 Å². The molecule has 226 valence electrons. The average Bonchev–Trinajstić information content (AvgIpc) is 3.68. The fraction of sp³-hybridized carbons (Fsp3) is 0.548. The van der Waals surface area contributed by atoms with Crippen LogP contribution in [0.2, 0.25) is 0 Å². The Balaban J connectivity index is 1.33. The molecule has 0 radical (unpaired) electrons. The van der Waals surface area contributed by atoms with Gasteiger partial charge in [0.2, 0.25) is 11.8 Å². The molecule has 5 rings (SSSR count). The molecule has 2 fully saturated rings. The second kappa shape index (κ2) is 12.6.